The Morgan fingerprint density at radius 2 is 2.21 bits per heavy atom. The highest BCUT2D eigenvalue weighted by Crippen LogP contribution is 2.42. The Labute approximate surface area is 142 Å². The van der Waals surface area contributed by atoms with E-state index in [-0.39, 0.29) is 11.9 Å². The summed E-state index contributed by atoms with van der Waals surface area (Å²) in [6.07, 6.45) is 2.27. The van der Waals surface area contributed by atoms with Gasteiger partial charge in [0.05, 0.1) is 12.5 Å². The van der Waals surface area contributed by atoms with Crippen molar-refractivity contribution in [3.8, 4) is 5.75 Å². The minimum atomic E-state index is -0.689. The maximum Gasteiger partial charge on any atom is 0.311 e. The average molecular weight is 336 g/mol. The summed E-state index contributed by atoms with van der Waals surface area (Å²) >= 11 is 0. The number of aliphatic carboxylic acids is 1. The van der Waals surface area contributed by atoms with Gasteiger partial charge in [-0.25, -0.2) is 4.39 Å². The van der Waals surface area contributed by atoms with Gasteiger partial charge >= 0.3 is 5.97 Å². The van der Waals surface area contributed by atoms with Gasteiger partial charge in [-0.05, 0) is 57.6 Å². The standard InChI is InChI=1S/C18H25FN2O3/c1-20-8-3-6-18(17(22)23)7-9-21(12-16(18)20)11-13-10-14(24-2)4-5-15(13)19/h4-5,10,16H,3,6-9,11-12H2,1-2H3,(H,22,23)/t16-,18+/m1/s1. The maximum atomic E-state index is 14.1. The van der Waals surface area contributed by atoms with Gasteiger partial charge in [0.2, 0.25) is 0 Å². The molecule has 0 radical (unpaired) electrons. The summed E-state index contributed by atoms with van der Waals surface area (Å²) in [6.45, 7) is 2.72. The number of rotatable bonds is 4. The lowest BCUT2D eigenvalue weighted by atomic mass is 9.68. The lowest BCUT2D eigenvalue weighted by Crippen LogP contribution is -2.62. The number of hydrogen-bond acceptors (Lipinski definition) is 4. The van der Waals surface area contributed by atoms with Gasteiger partial charge in [-0.15, -0.1) is 0 Å². The number of carbonyl (C=O) groups is 1. The Balaban J connectivity index is 1.77. The van der Waals surface area contributed by atoms with Crippen LogP contribution in [-0.2, 0) is 11.3 Å². The third kappa shape index (κ3) is 3.00. The van der Waals surface area contributed by atoms with E-state index in [9.17, 15) is 14.3 Å². The highest BCUT2D eigenvalue weighted by Gasteiger charge is 2.52. The number of nitrogens with zero attached hydrogens (tertiary/aromatic N) is 2. The largest absolute Gasteiger partial charge is 0.497 e. The number of benzene rings is 1. The Morgan fingerprint density at radius 1 is 1.42 bits per heavy atom. The molecule has 132 valence electrons. The first-order valence-corrected chi connectivity index (χ1v) is 8.45. The second-order valence-corrected chi connectivity index (χ2v) is 7.00. The number of piperidine rings is 2. The number of ether oxygens (including phenoxy) is 1. The average Bonchev–Trinajstić information content (AvgIpc) is 2.57. The van der Waals surface area contributed by atoms with Gasteiger partial charge in [-0.2, -0.15) is 0 Å². The van der Waals surface area contributed by atoms with Crippen LogP contribution in [0.5, 0.6) is 5.75 Å². The molecule has 5 nitrogen and oxygen atoms in total. The summed E-state index contributed by atoms with van der Waals surface area (Å²) in [7, 11) is 3.56. The fraction of sp³-hybridized carbons (Fsp3) is 0.611. The van der Waals surface area contributed by atoms with Crippen molar-refractivity contribution in [1.29, 1.82) is 0 Å². The normalized spacial score (nSPS) is 28.4. The van der Waals surface area contributed by atoms with Crippen molar-refractivity contribution in [2.75, 3.05) is 33.8 Å². The van der Waals surface area contributed by atoms with Crippen LogP contribution in [0, 0.1) is 11.2 Å². The molecule has 0 unspecified atom stereocenters. The molecule has 6 heteroatoms. The van der Waals surface area contributed by atoms with E-state index < -0.39 is 11.4 Å². The Bertz CT molecular complexity index is 624. The van der Waals surface area contributed by atoms with Crippen molar-refractivity contribution in [3.63, 3.8) is 0 Å². The predicted molar refractivity (Wildman–Crippen MR) is 88.6 cm³/mol. The van der Waals surface area contributed by atoms with Crippen LogP contribution in [0.15, 0.2) is 18.2 Å². The zero-order chi connectivity index (χ0) is 17.3. The lowest BCUT2D eigenvalue weighted by molar-refractivity contribution is -0.162. The smallest absolute Gasteiger partial charge is 0.311 e. The summed E-state index contributed by atoms with van der Waals surface area (Å²) in [5.41, 5.74) is -0.0631. The second kappa shape index (κ2) is 6.69. The minimum Gasteiger partial charge on any atom is -0.497 e. The molecular formula is C18H25FN2O3. The van der Waals surface area contributed by atoms with Crippen molar-refractivity contribution < 1.29 is 19.0 Å². The first kappa shape index (κ1) is 17.2. The molecule has 1 aromatic carbocycles. The molecule has 1 aromatic rings. The van der Waals surface area contributed by atoms with Gasteiger partial charge in [0.25, 0.3) is 0 Å². The highest BCUT2D eigenvalue weighted by molar-refractivity contribution is 5.76. The summed E-state index contributed by atoms with van der Waals surface area (Å²) < 4.78 is 19.3. The number of halogens is 1. The molecule has 2 fully saturated rings. The lowest BCUT2D eigenvalue weighted by Gasteiger charge is -2.51. The zero-order valence-electron chi connectivity index (χ0n) is 14.3. The second-order valence-electron chi connectivity index (χ2n) is 7.00. The summed E-state index contributed by atoms with van der Waals surface area (Å²) in [5.74, 6) is -0.299. The predicted octanol–water partition coefficient (Wildman–Crippen LogP) is 2.21. The van der Waals surface area contributed by atoms with Crippen LogP contribution in [0.1, 0.15) is 24.8 Å². The minimum absolute atomic E-state index is 0.0221. The molecule has 0 aromatic heterocycles. The molecule has 0 aliphatic carbocycles. The van der Waals surface area contributed by atoms with Gasteiger partial charge in [-0.1, -0.05) is 0 Å². The molecule has 0 bridgehead atoms. The van der Waals surface area contributed by atoms with Crippen molar-refractivity contribution in [3.05, 3.63) is 29.6 Å². The van der Waals surface area contributed by atoms with Crippen LogP contribution in [0.25, 0.3) is 0 Å². The van der Waals surface area contributed by atoms with Crippen molar-refractivity contribution >= 4 is 5.97 Å². The highest BCUT2D eigenvalue weighted by atomic mass is 19.1. The quantitative estimate of drug-likeness (QED) is 0.914. The van der Waals surface area contributed by atoms with E-state index in [1.54, 1.807) is 19.2 Å². The fourth-order valence-electron chi connectivity index (χ4n) is 4.23. The van der Waals surface area contributed by atoms with Crippen molar-refractivity contribution in [1.82, 2.24) is 9.80 Å². The molecule has 2 atom stereocenters. The van der Waals surface area contributed by atoms with Crippen LogP contribution in [0.4, 0.5) is 4.39 Å². The molecule has 2 aliphatic heterocycles. The first-order valence-electron chi connectivity index (χ1n) is 8.45. The van der Waals surface area contributed by atoms with Gasteiger partial charge in [0.1, 0.15) is 11.6 Å². The van der Waals surface area contributed by atoms with Crippen molar-refractivity contribution in [2.45, 2.75) is 31.8 Å². The third-order valence-electron chi connectivity index (χ3n) is 5.68. The van der Waals surface area contributed by atoms with Gasteiger partial charge in [0.15, 0.2) is 0 Å². The SMILES string of the molecule is COc1ccc(F)c(CN2CC[C@@]3(C(=O)O)CCCN(C)[C@@H]3C2)c1. The topological polar surface area (TPSA) is 53.0 Å². The zero-order valence-corrected chi connectivity index (χ0v) is 14.3. The Morgan fingerprint density at radius 3 is 2.92 bits per heavy atom. The monoisotopic (exact) mass is 336 g/mol. The van der Waals surface area contributed by atoms with E-state index in [2.05, 4.69) is 9.80 Å². The van der Waals surface area contributed by atoms with Gasteiger partial charge in [-0.3, -0.25) is 9.69 Å². The fourth-order valence-corrected chi connectivity index (χ4v) is 4.23. The van der Waals surface area contributed by atoms with E-state index in [1.165, 1.54) is 6.07 Å². The van der Waals surface area contributed by atoms with Crippen LogP contribution in [-0.4, -0.2) is 60.7 Å². The van der Waals surface area contributed by atoms with Crippen LogP contribution in [0.2, 0.25) is 0 Å². The van der Waals surface area contributed by atoms with E-state index in [0.717, 1.165) is 19.4 Å². The molecule has 1 N–H and O–H groups in total. The summed E-state index contributed by atoms with van der Waals surface area (Å²) in [5, 5.41) is 9.81. The molecule has 2 heterocycles. The van der Waals surface area contributed by atoms with E-state index >= 15 is 0 Å². The molecule has 24 heavy (non-hydrogen) atoms. The summed E-state index contributed by atoms with van der Waals surface area (Å²) in [6, 6.07) is 4.73. The molecule has 2 saturated heterocycles. The third-order valence-corrected chi connectivity index (χ3v) is 5.68. The first-order chi connectivity index (χ1) is 11.5. The maximum absolute atomic E-state index is 14.1. The Hall–Kier alpha value is -1.66. The van der Waals surface area contributed by atoms with Gasteiger partial charge in [0, 0.05) is 24.7 Å². The van der Waals surface area contributed by atoms with Crippen LogP contribution in [0.3, 0.4) is 0 Å². The van der Waals surface area contributed by atoms with Crippen LogP contribution < -0.4 is 4.74 Å². The van der Waals surface area contributed by atoms with E-state index in [4.69, 9.17) is 4.74 Å². The van der Waals surface area contributed by atoms with E-state index in [0.29, 0.717) is 37.4 Å². The van der Waals surface area contributed by atoms with Crippen molar-refractivity contribution in [2.24, 2.45) is 5.41 Å². The molecule has 3 rings (SSSR count). The molecule has 0 saturated carbocycles. The molecule has 0 spiro atoms. The van der Waals surface area contributed by atoms with Crippen LogP contribution >= 0.6 is 0 Å². The summed E-state index contributed by atoms with van der Waals surface area (Å²) in [4.78, 5) is 16.3. The number of hydrogen-bond donors (Lipinski definition) is 1. The number of carboxylic acids is 1. The number of fused-ring (bicyclic) bond motifs is 1. The number of carboxylic acid groups (broad SMARTS) is 1. The van der Waals surface area contributed by atoms with E-state index in [1.807, 2.05) is 7.05 Å². The molecule has 2 aliphatic rings. The molecule has 0 amide bonds. The van der Waals surface area contributed by atoms with Gasteiger partial charge < -0.3 is 14.7 Å². The Kier molecular flexibility index (Phi) is 4.78. The number of likely N-dealkylation sites (N-methyl/N-ethyl adjacent to an activating group) is 1. The number of methoxy groups -OCH3 is 1. The number of likely N-dealkylation sites (tertiary alicyclic amines) is 2. The molecular weight excluding hydrogens is 311 g/mol.